The minimum absolute atomic E-state index is 0.0258. The fraction of sp³-hybridized carbons (Fsp3) is 0.476. The van der Waals surface area contributed by atoms with E-state index in [-0.39, 0.29) is 17.9 Å². The Labute approximate surface area is 151 Å². The number of carbonyl (C=O) groups excluding carboxylic acids is 1. The van der Waals surface area contributed by atoms with E-state index in [2.05, 4.69) is 56.9 Å². The van der Waals surface area contributed by atoms with Gasteiger partial charge in [0.1, 0.15) is 0 Å². The minimum atomic E-state index is 0.0258. The highest BCUT2D eigenvalue weighted by Crippen LogP contribution is 2.31. The molecule has 24 heavy (non-hydrogen) atoms. The Morgan fingerprint density at radius 3 is 2.38 bits per heavy atom. The number of hydrogen-bond donors (Lipinski definition) is 1. The molecule has 1 aromatic rings. The van der Waals surface area contributed by atoms with Gasteiger partial charge in [-0.3, -0.25) is 4.79 Å². The normalized spacial score (nSPS) is 13.0. The average molecular weight is 346 g/mol. The zero-order chi connectivity index (χ0) is 18.1. The molecule has 0 aliphatic rings. The number of benzene rings is 1. The smallest absolute Gasteiger partial charge is 0.223 e. The van der Waals surface area contributed by atoms with Gasteiger partial charge < -0.3 is 5.32 Å². The number of carbonyl (C=O) groups is 1. The van der Waals surface area contributed by atoms with Crippen LogP contribution in [-0.4, -0.2) is 5.91 Å². The Hall–Kier alpha value is -1.48. The highest BCUT2D eigenvalue weighted by Gasteiger charge is 2.16. The fourth-order valence-corrected chi connectivity index (χ4v) is 3.24. The summed E-state index contributed by atoms with van der Waals surface area (Å²) in [6.07, 6.45) is 3.19. The number of thioether (sulfide) groups is 1. The van der Waals surface area contributed by atoms with Crippen LogP contribution < -0.4 is 5.32 Å². The molecular formula is C21H31NOS. The molecule has 0 aliphatic carbocycles. The third kappa shape index (κ3) is 6.20. The summed E-state index contributed by atoms with van der Waals surface area (Å²) >= 11 is 1.65. The lowest BCUT2D eigenvalue weighted by atomic mass is 10.0. The third-order valence-electron chi connectivity index (χ3n) is 4.13. The third-order valence-corrected chi connectivity index (χ3v) is 5.17. The predicted molar refractivity (Wildman–Crippen MR) is 108 cm³/mol. The molecule has 2 unspecified atom stereocenters. The summed E-state index contributed by atoms with van der Waals surface area (Å²) in [7, 11) is 0. The molecule has 0 radical (unpaired) electrons. The van der Waals surface area contributed by atoms with Crippen LogP contribution >= 0.6 is 11.8 Å². The lowest BCUT2D eigenvalue weighted by molar-refractivity contribution is -0.125. The molecule has 0 aliphatic heterocycles. The second-order valence-electron chi connectivity index (χ2n) is 6.51. The van der Waals surface area contributed by atoms with Gasteiger partial charge in [-0.1, -0.05) is 74.9 Å². The molecule has 132 valence electrons. The molecule has 2 nitrogen and oxygen atoms in total. The molecule has 1 rings (SSSR count). The van der Waals surface area contributed by atoms with Gasteiger partial charge in [0.2, 0.25) is 5.91 Å². The number of rotatable bonds is 9. The van der Waals surface area contributed by atoms with E-state index < -0.39 is 0 Å². The minimum Gasteiger partial charge on any atom is -0.349 e. The van der Waals surface area contributed by atoms with E-state index in [1.165, 1.54) is 16.0 Å². The van der Waals surface area contributed by atoms with E-state index in [1.54, 1.807) is 11.8 Å². The van der Waals surface area contributed by atoms with Crippen molar-refractivity contribution in [2.75, 3.05) is 0 Å². The maximum Gasteiger partial charge on any atom is 0.223 e. The molecule has 2 atom stereocenters. The van der Waals surface area contributed by atoms with E-state index in [4.69, 9.17) is 0 Å². The van der Waals surface area contributed by atoms with Crippen molar-refractivity contribution in [2.24, 2.45) is 5.92 Å². The van der Waals surface area contributed by atoms with Crippen molar-refractivity contribution in [1.82, 2.24) is 5.32 Å². The molecule has 0 saturated carbocycles. The van der Waals surface area contributed by atoms with Gasteiger partial charge in [0.25, 0.3) is 0 Å². The zero-order valence-electron chi connectivity index (χ0n) is 15.7. The van der Waals surface area contributed by atoms with Crippen molar-refractivity contribution < 1.29 is 4.79 Å². The summed E-state index contributed by atoms with van der Waals surface area (Å²) in [5, 5.41) is 4.99. The van der Waals surface area contributed by atoms with Crippen LogP contribution in [-0.2, 0) is 4.79 Å². The fourth-order valence-electron chi connectivity index (χ4n) is 2.56. The summed E-state index contributed by atoms with van der Waals surface area (Å²) in [5.74, 6) is 0.222. The Kier molecular flexibility index (Phi) is 8.91. The van der Waals surface area contributed by atoms with Gasteiger partial charge in [-0.25, -0.2) is 0 Å². The summed E-state index contributed by atoms with van der Waals surface area (Å²) in [4.78, 5) is 13.5. The number of allylic oxidation sites excluding steroid dienone is 1. The molecule has 0 spiro atoms. The first kappa shape index (κ1) is 20.6. The maximum absolute atomic E-state index is 12.2. The van der Waals surface area contributed by atoms with Gasteiger partial charge in [0, 0.05) is 10.8 Å². The lowest BCUT2D eigenvalue weighted by Gasteiger charge is -2.18. The largest absolute Gasteiger partial charge is 0.349 e. The zero-order valence-corrected chi connectivity index (χ0v) is 16.5. The van der Waals surface area contributed by atoms with Crippen molar-refractivity contribution in [3.05, 3.63) is 53.0 Å². The average Bonchev–Trinajstić information content (AvgIpc) is 2.57. The van der Waals surface area contributed by atoms with Gasteiger partial charge in [-0.2, -0.15) is 0 Å². The molecule has 0 fully saturated rings. The molecule has 0 bridgehead atoms. The van der Waals surface area contributed by atoms with Crippen LogP contribution in [0.1, 0.15) is 71.0 Å². The van der Waals surface area contributed by atoms with Gasteiger partial charge in [0.05, 0.1) is 6.04 Å². The van der Waals surface area contributed by atoms with Crippen LogP contribution in [0.25, 0.3) is 4.91 Å². The lowest BCUT2D eigenvalue weighted by Crippen LogP contribution is -2.31. The van der Waals surface area contributed by atoms with Crippen molar-refractivity contribution in [2.45, 2.75) is 59.9 Å². The monoisotopic (exact) mass is 345 g/mol. The van der Waals surface area contributed by atoms with Crippen LogP contribution in [0.15, 0.2) is 41.8 Å². The Morgan fingerprint density at radius 2 is 1.88 bits per heavy atom. The summed E-state index contributed by atoms with van der Waals surface area (Å²) in [6, 6.07) is 8.47. The number of nitrogens with one attached hydrogen (secondary N) is 1. The van der Waals surface area contributed by atoms with Crippen molar-refractivity contribution in [3.8, 4) is 0 Å². The number of hydrogen-bond acceptors (Lipinski definition) is 2. The summed E-state index contributed by atoms with van der Waals surface area (Å²) in [6.45, 7) is 14.2. The SMILES string of the molecule is C=CSC(=C(C)C)c1ccc(C(C)NC(=O)C(C)CCCC)cc1. The summed E-state index contributed by atoms with van der Waals surface area (Å²) < 4.78 is 0. The van der Waals surface area contributed by atoms with Crippen LogP contribution in [0.4, 0.5) is 0 Å². The topological polar surface area (TPSA) is 29.1 Å². The van der Waals surface area contributed by atoms with E-state index >= 15 is 0 Å². The van der Waals surface area contributed by atoms with Crippen molar-refractivity contribution >= 4 is 22.6 Å². The first-order chi connectivity index (χ1) is 11.4. The highest BCUT2D eigenvalue weighted by atomic mass is 32.2. The standard InChI is InChI=1S/C21H31NOS/c1-7-9-10-16(5)21(23)22-17(6)18-11-13-19(14-12-18)20(15(3)4)24-8-2/h8,11-14,16-17H,2,7,9-10H2,1,3-6H3,(H,22,23). The molecule has 0 saturated heterocycles. The van der Waals surface area contributed by atoms with E-state index in [1.807, 2.05) is 19.3 Å². The second-order valence-corrected chi connectivity index (χ2v) is 7.49. The van der Waals surface area contributed by atoms with Crippen LogP contribution in [0, 0.1) is 5.92 Å². The molecule has 3 heteroatoms. The van der Waals surface area contributed by atoms with Gasteiger partial charge in [-0.05, 0) is 43.7 Å². The Bertz CT molecular complexity index is 570. The highest BCUT2D eigenvalue weighted by molar-refractivity contribution is 8.10. The summed E-state index contributed by atoms with van der Waals surface area (Å²) in [5.41, 5.74) is 3.60. The number of amides is 1. The molecule has 1 N–H and O–H groups in total. The van der Waals surface area contributed by atoms with E-state index in [0.29, 0.717) is 0 Å². The molecule has 0 heterocycles. The molecule has 1 amide bonds. The van der Waals surface area contributed by atoms with Gasteiger partial charge in [0.15, 0.2) is 0 Å². The predicted octanol–water partition coefficient (Wildman–Crippen LogP) is 6.32. The van der Waals surface area contributed by atoms with Crippen molar-refractivity contribution in [1.29, 1.82) is 0 Å². The number of unbranched alkanes of at least 4 members (excludes halogenated alkanes) is 1. The van der Waals surface area contributed by atoms with E-state index in [9.17, 15) is 4.79 Å². The first-order valence-corrected chi connectivity index (χ1v) is 9.64. The molecular weight excluding hydrogens is 314 g/mol. The van der Waals surface area contributed by atoms with Gasteiger partial charge in [-0.15, -0.1) is 0 Å². The maximum atomic E-state index is 12.2. The van der Waals surface area contributed by atoms with Crippen LogP contribution in [0.5, 0.6) is 0 Å². The Balaban J connectivity index is 2.76. The molecule has 0 aromatic heterocycles. The van der Waals surface area contributed by atoms with Crippen LogP contribution in [0.3, 0.4) is 0 Å². The van der Waals surface area contributed by atoms with Crippen molar-refractivity contribution in [3.63, 3.8) is 0 Å². The first-order valence-electron chi connectivity index (χ1n) is 8.76. The van der Waals surface area contributed by atoms with Gasteiger partial charge >= 0.3 is 0 Å². The molecule has 1 aromatic carbocycles. The quantitative estimate of drug-likeness (QED) is 0.567. The second kappa shape index (κ2) is 10.4. The Morgan fingerprint density at radius 1 is 1.25 bits per heavy atom. The van der Waals surface area contributed by atoms with Crippen LogP contribution in [0.2, 0.25) is 0 Å². The van der Waals surface area contributed by atoms with E-state index in [0.717, 1.165) is 24.8 Å².